The standard InChI is InChI=1S/C27H35Cl2N3O4S/c1-19-8-6-9-21(16-19)18-31(20(2)27(34)30-23-10-4-5-11-23)26(33)12-7-15-32(37(3,35)36)25-17-22(28)13-14-24(25)29/h6,8-9,13-14,16-17,20,23H,4-5,7,10-12,15,18H2,1-3H3,(H,30,34)/t20-/m1/s1. The molecule has 0 aliphatic heterocycles. The third-order valence-corrected chi connectivity index (χ3v) is 8.37. The van der Waals surface area contributed by atoms with Gasteiger partial charge in [-0.3, -0.25) is 13.9 Å². The Hall–Kier alpha value is -2.29. The molecule has 1 fully saturated rings. The van der Waals surface area contributed by atoms with Crippen LogP contribution in [-0.2, 0) is 26.2 Å². The van der Waals surface area contributed by atoms with Crippen LogP contribution in [0.1, 0.15) is 56.6 Å². The van der Waals surface area contributed by atoms with Crippen molar-refractivity contribution in [3.63, 3.8) is 0 Å². The molecular formula is C27H35Cl2N3O4S. The summed E-state index contributed by atoms with van der Waals surface area (Å²) in [6, 6.07) is 11.9. The second-order valence-corrected chi connectivity index (χ2v) is 12.5. The van der Waals surface area contributed by atoms with E-state index in [1.807, 2.05) is 31.2 Å². The van der Waals surface area contributed by atoms with Gasteiger partial charge in [0, 0.05) is 30.6 Å². The van der Waals surface area contributed by atoms with Gasteiger partial charge in [0.2, 0.25) is 21.8 Å². The lowest BCUT2D eigenvalue weighted by Crippen LogP contribution is -2.49. The van der Waals surface area contributed by atoms with Gasteiger partial charge < -0.3 is 10.2 Å². The van der Waals surface area contributed by atoms with Gasteiger partial charge in [-0.2, -0.15) is 0 Å². The van der Waals surface area contributed by atoms with E-state index in [1.54, 1.807) is 17.9 Å². The second kappa shape index (κ2) is 13.0. The van der Waals surface area contributed by atoms with E-state index >= 15 is 0 Å². The Morgan fingerprint density at radius 1 is 1.11 bits per heavy atom. The van der Waals surface area contributed by atoms with Crippen LogP contribution in [0.25, 0.3) is 0 Å². The van der Waals surface area contributed by atoms with Gasteiger partial charge in [0.1, 0.15) is 6.04 Å². The molecule has 10 heteroatoms. The number of benzene rings is 2. The molecule has 37 heavy (non-hydrogen) atoms. The van der Waals surface area contributed by atoms with Crippen LogP contribution in [-0.4, -0.2) is 50.0 Å². The first-order chi connectivity index (χ1) is 17.5. The fourth-order valence-electron chi connectivity index (χ4n) is 4.64. The number of hydrogen-bond acceptors (Lipinski definition) is 4. The molecule has 7 nitrogen and oxygen atoms in total. The molecule has 0 bridgehead atoms. The molecule has 0 aromatic heterocycles. The van der Waals surface area contributed by atoms with E-state index in [0.29, 0.717) is 5.02 Å². The van der Waals surface area contributed by atoms with E-state index < -0.39 is 16.1 Å². The first kappa shape index (κ1) is 29.3. The van der Waals surface area contributed by atoms with Crippen molar-refractivity contribution in [1.82, 2.24) is 10.2 Å². The van der Waals surface area contributed by atoms with Crippen LogP contribution in [0.15, 0.2) is 42.5 Å². The SMILES string of the molecule is Cc1cccc(CN(C(=O)CCCN(c2cc(Cl)ccc2Cl)S(C)(=O)=O)[C@H](C)C(=O)NC2CCCC2)c1. The summed E-state index contributed by atoms with van der Waals surface area (Å²) in [7, 11) is -3.67. The smallest absolute Gasteiger partial charge is 0.242 e. The van der Waals surface area contributed by atoms with Crippen LogP contribution in [0.5, 0.6) is 0 Å². The molecule has 0 unspecified atom stereocenters. The fraction of sp³-hybridized carbons (Fsp3) is 0.481. The highest BCUT2D eigenvalue weighted by atomic mass is 35.5. The van der Waals surface area contributed by atoms with Gasteiger partial charge in [0.05, 0.1) is 17.0 Å². The first-order valence-corrected chi connectivity index (χ1v) is 15.1. The number of hydrogen-bond donors (Lipinski definition) is 1. The van der Waals surface area contributed by atoms with Gasteiger partial charge in [0.25, 0.3) is 0 Å². The molecule has 1 saturated carbocycles. The van der Waals surface area contributed by atoms with Crippen molar-refractivity contribution in [2.75, 3.05) is 17.1 Å². The third-order valence-electron chi connectivity index (χ3n) is 6.63. The second-order valence-electron chi connectivity index (χ2n) is 9.71. The summed E-state index contributed by atoms with van der Waals surface area (Å²) in [4.78, 5) is 28.1. The number of aryl methyl sites for hydroxylation is 1. The van der Waals surface area contributed by atoms with Gasteiger partial charge in [-0.1, -0.05) is 65.9 Å². The Balaban J connectivity index is 1.74. The fourth-order valence-corrected chi connectivity index (χ4v) is 6.05. The molecule has 3 rings (SSSR count). The van der Waals surface area contributed by atoms with Gasteiger partial charge in [-0.05, 0) is 56.9 Å². The van der Waals surface area contributed by atoms with E-state index in [9.17, 15) is 18.0 Å². The molecule has 1 aliphatic carbocycles. The minimum atomic E-state index is -3.67. The molecule has 2 aromatic carbocycles. The number of rotatable bonds is 11. The van der Waals surface area contributed by atoms with Crippen molar-refractivity contribution >= 4 is 50.7 Å². The largest absolute Gasteiger partial charge is 0.352 e. The maximum Gasteiger partial charge on any atom is 0.242 e. The van der Waals surface area contributed by atoms with Crippen molar-refractivity contribution in [1.29, 1.82) is 0 Å². The maximum absolute atomic E-state index is 13.4. The number of anilines is 1. The summed E-state index contributed by atoms with van der Waals surface area (Å²) in [5.74, 6) is -0.391. The van der Waals surface area contributed by atoms with Crippen LogP contribution in [0.3, 0.4) is 0 Å². The lowest BCUT2D eigenvalue weighted by molar-refractivity contribution is -0.141. The highest BCUT2D eigenvalue weighted by Crippen LogP contribution is 2.31. The molecular weight excluding hydrogens is 533 g/mol. The Morgan fingerprint density at radius 2 is 1.81 bits per heavy atom. The van der Waals surface area contributed by atoms with Crippen LogP contribution in [0.2, 0.25) is 10.0 Å². The number of carbonyl (C=O) groups excluding carboxylic acids is 2. The number of sulfonamides is 1. The van der Waals surface area contributed by atoms with Gasteiger partial charge in [0.15, 0.2) is 0 Å². The van der Waals surface area contributed by atoms with Crippen LogP contribution in [0, 0.1) is 6.92 Å². The van der Waals surface area contributed by atoms with Gasteiger partial charge in [-0.15, -0.1) is 0 Å². The predicted octanol–water partition coefficient (Wildman–Crippen LogP) is 5.32. The number of amides is 2. The summed E-state index contributed by atoms with van der Waals surface area (Å²) >= 11 is 12.3. The highest BCUT2D eigenvalue weighted by molar-refractivity contribution is 7.92. The summed E-state index contributed by atoms with van der Waals surface area (Å²) in [6.07, 6.45) is 5.51. The molecule has 1 aliphatic rings. The Labute approximate surface area is 230 Å². The molecule has 202 valence electrons. The molecule has 0 spiro atoms. The van der Waals surface area contributed by atoms with E-state index in [-0.39, 0.29) is 54.5 Å². The van der Waals surface area contributed by atoms with Crippen molar-refractivity contribution in [2.24, 2.45) is 0 Å². The van der Waals surface area contributed by atoms with Crippen molar-refractivity contribution < 1.29 is 18.0 Å². The zero-order valence-electron chi connectivity index (χ0n) is 21.5. The number of nitrogens with one attached hydrogen (secondary N) is 1. The average Bonchev–Trinajstić information content (AvgIpc) is 3.34. The Kier molecular flexibility index (Phi) is 10.3. The predicted molar refractivity (Wildman–Crippen MR) is 149 cm³/mol. The van der Waals surface area contributed by atoms with Crippen LogP contribution in [0.4, 0.5) is 5.69 Å². The van der Waals surface area contributed by atoms with Crippen molar-refractivity contribution in [3.8, 4) is 0 Å². The minimum absolute atomic E-state index is 0.0472. The maximum atomic E-state index is 13.4. The molecule has 0 radical (unpaired) electrons. The number of halogens is 2. The number of nitrogens with zero attached hydrogens (tertiary/aromatic N) is 2. The Morgan fingerprint density at radius 3 is 2.46 bits per heavy atom. The highest BCUT2D eigenvalue weighted by Gasteiger charge is 2.29. The van der Waals surface area contributed by atoms with E-state index in [2.05, 4.69) is 5.32 Å². The normalized spacial score (nSPS) is 14.8. The lowest BCUT2D eigenvalue weighted by atomic mass is 10.1. The first-order valence-electron chi connectivity index (χ1n) is 12.5. The Bertz CT molecular complexity index is 1220. The van der Waals surface area contributed by atoms with Crippen LogP contribution < -0.4 is 9.62 Å². The molecule has 0 saturated heterocycles. The zero-order valence-corrected chi connectivity index (χ0v) is 23.9. The minimum Gasteiger partial charge on any atom is -0.352 e. The van der Waals surface area contributed by atoms with Crippen molar-refractivity contribution in [2.45, 2.75) is 71.0 Å². The molecule has 2 amide bonds. The van der Waals surface area contributed by atoms with E-state index in [0.717, 1.165) is 47.4 Å². The molecule has 0 heterocycles. The molecule has 1 N–H and O–H groups in total. The lowest BCUT2D eigenvalue weighted by Gasteiger charge is -2.30. The topological polar surface area (TPSA) is 86.8 Å². The van der Waals surface area contributed by atoms with E-state index in [4.69, 9.17) is 23.2 Å². The quantitative estimate of drug-likeness (QED) is 0.398. The van der Waals surface area contributed by atoms with Gasteiger partial charge in [-0.25, -0.2) is 8.42 Å². The van der Waals surface area contributed by atoms with E-state index in [1.165, 1.54) is 12.1 Å². The summed E-state index contributed by atoms with van der Waals surface area (Å²) < 4.78 is 26.2. The summed E-state index contributed by atoms with van der Waals surface area (Å²) in [5, 5.41) is 3.70. The summed E-state index contributed by atoms with van der Waals surface area (Å²) in [6.45, 7) is 4.06. The monoisotopic (exact) mass is 567 g/mol. The third kappa shape index (κ3) is 8.35. The summed E-state index contributed by atoms with van der Waals surface area (Å²) in [5.41, 5.74) is 2.26. The molecule has 1 atom stereocenters. The van der Waals surface area contributed by atoms with Crippen molar-refractivity contribution in [3.05, 3.63) is 63.6 Å². The average molecular weight is 569 g/mol. The molecule has 2 aromatic rings. The number of carbonyl (C=O) groups is 2. The van der Waals surface area contributed by atoms with Crippen LogP contribution >= 0.6 is 23.2 Å². The zero-order chi connectivity index (χ0) is 27.2. The van der Waals surface area contributed by atoms with Gasteiger partial charge >= 0.3 is 0 Å².